The van der Waals surface area contributed by atoms with Crippen LogP contribution in [0.1, 0.15) is 48.9 Å². The fraction of sp³-hybridized carbons (Fsp3) is 0.579. The van der Waals surface area contributed by atoms with Crippen molar-refractivity contribution in [2.24, 2.45) is 23.0 Å². The molecule has 0 aliphatic heterocycles. The van der Waals surface area contributed by atoms with Crippen LogP contribution < -0.4 is 15.8 Å². The van der Waals surface area contributed by atoms with Gasteiger partial charge in [0.25, 0.3) is 5.91 Å². The number of ether oxygens (including phenoxy) is 1. The van der Waals surface area contributed by atoms with Crippen LogP contribution in [0.4, 0.5) is 4.39 Å². The molecule has 6 heteroatoms. The number of methoxy groups -OCH3 is 1. The Hall–Kier alpha value is -2.11. The first-order valence-electron chi connectivity index (χ1n) is 8.81. The molecule has 0 spiro atoms. The Labute approximate surface area is 146 Å². The molecule has 5 rings (SSSR count). The minimum Gasteiger partial charge on any atom is -0.494 e. The molecule has 2 amide bonds. The van der Waals surface area contributed by atoms with Crippen LogP contribution in [0.15, 0.2) is 18.2 Å². The van der Waals surface area contributed by atoms with E-state index < -0.39 is 11.2 Å². The molecular formula is C19H23FN2O3. The number of amides is 2. The van der Waals surface area contributed by atoms with Crippen molar-refractivity contribution in [2.45, 2.75) is 44.1 Å². The van der Waals surface area contributed by atoms with Crippen LogP contribution >= 0.6 is 0 Å². The third-order valence-electron chi connectivity index (χ3n) is 6.38. The highest BCUT2D eigenvalue weighted by molar-refractivity contribution is 5.95. The number of hydrogen-bond donors (Lipinski definition) is 2. The maximum Gasteiger partial charge on any atom is 0.251 e. The lowest BCUT2D eigenvalue weighted by Crippen LogP contribution is -2.65. The van der Waals surface area contributed by atoms with E-state index >= 15 is 0 Å². The monoisotopic (exact) mass is 346 g/mol. The first-order chi connectivity index (χ1) is 11.8. The largest absolute Gasteiger partial charge is 0.494 e. The van der Waals surface area contributed by atoms with Gasteiger partial charge < -0.3 is 15.8 Å². The molecule has 0 radical (unpaired) electrons. The molecule has 4 aliphatic rings. The summed E-state index contributed by atoms with van der Waals surface area (Å²) in [4.78, 5) is 24.9. The molecule has 3 N–H and O–H groups in total. The van der Waals surface area contributed by atoms with Gasteiger partial charge in [0.2, 0.25) is 5.91 Å². The highest BCUT2D eigenvalue weighted by Crippen LogP contribution is 2.61. The van der Waals surface area contributed by atoms with Crippen molar-refractivity contribution >= 4 is 11.8 Å². The summed E-state index contributed by atoms with van der Waals surface area (Å²) in [5.41, 5.74) is 5.25. The van der Waals surface area contributed by atoms with Crippen LogP contribution in [0.5, 0.6) is 5.75 Å². The van der Waals surface area contributed by atoms with Crippen molar-refractivity contribution in [2.75, 3.05) is 7.11 Å². The second kappa shape index (κ2) is 5.44. The number of hydrogen-bond acceptors (Lipinski definition) is 3. The number of primary amides is 1. The number of carbonyl (C=O) groups excluding carboxylic acids is 2. The van der Waals surface area contributed by atoms with E-state index in [1.54, 1.807) is 0 Å². The quantitative estimate of drug-likeness (QED) is 0.878. The van der Waals surface area contributed by atoms with Gasteiger partial charge in [0.1, 0.15) is 0 Å². The maximum absolute atomic E-state index is 13.6. The van der Waals surface area contributed by atoms with Crippen LogP contribution in [0.3, 0.4) is 0 Å². The normalized spacial score (nSPS) is 35.4. The molecule has 1 aromatic carbocycles. The number of benzene rings is 1. The summed E-state index contributed by atoms with van der Waals surface area (Å²) in [6.45, 7) is 0. The summed E-state index contributed by atoms with van der Waals surface area (Å²) >= 11 is 0. The molecule has 1 aromatic rings. The molecule has 4 fully saturated rings. The molecular weight excluding hydrogens is 323 g/mol. The Morgan fingerprint density at radius 1 is 1.24 bits per heavy atom. The van der Waals surface area contributed by atoms with Gasteiger partial charge in [0.05, 0.1) is 12.5 Å². The van der Waals surface area contributed by atoms with Gasteiger partial charge in [-0.2, -0.15) is 0 Å². The topological polar surface area (TPSA) is 81.4 Å². The molecule has 0 aromatic heterocycles. The van der Waals surface area contributed by atoms with Gasteiger partial charge in [-0.25, -0.2) is 4.39 Å². The lowest BCUT2D eigenvalue weighted by atomic mass is 9.46. The second-order valence-corrected chi connectivity index (χ2v) is 8.19. The molecule has 25 heavy (non-hydrogen) atoms. The van der Waals surface area contributed by atoms with E-state index in [0.717, 1.165) is 32.1 Å². The standard InChI is InChI=1S/C19H23FN2O3/c1-25-15-5-13(2-3-14(15)20)16(23)22-19-8-11-4-12(9-19)7-18(6-11,10-19)17(21)24/h2-3,5,11-12H,4,6-10H2,1H3,(H2,21,24)(H,22,23). The third-order valence-corrected chi connectivity index (χ3v) is 6.38. The Bertz CT molecular complexity index is 734. The first kappa shape index (κ1) is 16.4. The van der Waals surface area contributed by atoms with E-state index in [2.05, 4.69) is 5.32 Å². The zero-order valence-electron chi connectivity index (χ0n) is 14.3. The molecule has 2 atom stereocenters. The van der Waals surface area contributed by atoms with Crippen LogP contribution in [-0.4, -0.2) is 24.5 Å². The summed E-state index contributed by atoms with van der Waals surface area (Å²) < 4.78 is 18.5. The van der Waals surface area contributed by atoms with Crippen molar-refractivity contribution < 1.29 is 18.7 Å². The SMILES string of the molecule is COc1cc(C(=O)NC23CC4CC(C2)CC(C(N)=O)(C4)C3)ccc1F. The van der Waals surface area contributed by atoms with E-state index in [4.69, 9.17) is 10.5 Å². The molecule has 4 bridgehead atoms. The average molecular weight is 346 g/mol. The predicted molar refractivity (Wildman–Crippen MR) is 89.5 cm³/mol. The number of nitrogens with two attached hydrogens (primary N) is 1. The molecule has 134 valence electrons. The van der Waals surface area contributed by atoms with Gasteiger partial charge in [0.15, 0.2) is 11.6 Å². The highest BCUT2D eigenvalue weighted by Gasteiger charge is 2.60. The zero-order valence-corrected chi connectivity index (χ0v) is 14.3. The fourth-order valence-corrected chi connectivity index (χ4v) is 5.81. The van der Waals surface area contributed by atoms with Crippen molar-refractivity contribution in [1.82, 2.24) is 5.32 Å². The summed E-state index contributed by atoms with van der Waals surface area (Å²) in [6, 6.07) is 4.10. The van der Waals surface area contributed by atoms with Gasteiger partial charge in [-0.1, -0.05) is 0 Å². The second-order valence-electron chi connectivity index (χ2n) is 8.19. The Balaban J connectivity index is 1.60. The van der Waals surface area contributed by atoms with Gasteiger partial charge in [0, 0.05) is 11.1 Å². The molecule has 0 saturated heterocycles. The predicted octanol–water partition coefficient (Wildman–Crippen LogP) is 2.39. The van der Waals surface area contributed by atoms with Crippen molar-refractivity contribution in [3.63, 3.8) is 0 Å². The molecule has 4 saturated carbocycles. The Morgan fingerprint density at radius 3 is 2.52 bits per heavy atom. The van der Waals surface area contributed by atoms with Crippen LogP contribution in [0, 0.1) is 23.1 Å². The molecule has 4 aliphatic carbocycles. The number of halogens is 1. The van der Waals surface area contributed by atoms with E-state index in [9.17, 15) is 14.0 Å². The summed E-state index contributed by atoms with van der Waals surface area (Å²) in [5, 5.41) is 3.17. The molecule has 2 unspecified atom stereocenters. The van der Waals surface area contributed by atoms with Gasteiger partial charge in [-0.3, -0.25) is 9.59 Å². The van der Waals surface area contributed by atoms with Crippen molar-refractivity contribution in [3.8, 4) is 5.75 Å². The van der Waals surface area contributed by atoms with Gasteiger partial charge in [-0.15, -0.1) is 0 Å². The number of nitrogens with one attached hydrogen (secondary N) is 1. The Kier molecular flexibility index (Phi) is 3.56. The van der Waals surface area contributed by atoms with E-state index in [-0.39, 0.29) is 23.1 Å². The minimum atomic E-state index is -0.499. The van der Waals surface area contributed by atoms with Crippen molar-refractivity contribution in [1.29, 1.82) is 0 Å². The zero-order chi connectivity index (χ0) is 17.8. The average Bonchev–Trinajstić information content (AvgIpc) is 2.53. The fourth-order valence-electron chi connectivity index (χ4n) is 5.81. The lowest BCUT2D eigenvalue weighted by Gasteiger charge is -2.61. The summed E-state index contributed by atoms with van der Waals surface area (Å²) in [6.07, 6.45) is 5.22. The molecule has 5 nitrogen and oxygen atoms in total. The number of rotatable bonds is 4. The van der Waals surface area contributed by atoms with Crippen LogP contribution in [0.2, 0.25) is 0 Å². The van der Waals surface area contributed by atoms with E-state index in [1.165, 1.54) is 25.3 Å². The summed E-state index contributed by atoms with van der Waals surface area (Å²) in [5.74, 6) is -0.0505. The first-order valence-corrected chi connectivity index (χ1v) is 8.81. The Morgan fingerprint density at radius 2 is 1.92 bits per heavy atom. The third kappa shape index (κ3) is 2.58. The van der Waals surface area contributed by atoms with Crippen LogP contribution in [0.25, 0.3) is 0 Å². The van der Waals surface area contributed by atoms with Crippen LogP contribution in [-0.2, 0) is 4.79 Å². The number of carbonyl (C=O) groups is 2. The highest BCUT2D eigenvalue weighted by atomic mass is 19.1. The minimum absolute atomic E-state index is 0.0479. The van der Waals surface area contributed by atoms with Gasteiger partial charge >= 0.3 is 0 Å². The van der Waals surface area contributed by atoms with E-state index in [1.807, 2.05) is 0 Å². The lowest BCUT2D eigenvalue weighted by molar-refractivity contribution is -0.146. The summed E-state index contributed by atoms with van der Waals surface area (Å²) in [7, 11) is 1.37. The van der Waals surface area contributed by atoms with Gasteiger partial charge in [-0.05, 0) is 68.6 Å². The smallest absolute Gasteiger partial charge is 0.251 e. The van der Waals surface area contributed by atoms with Crippen molar-refractivity contribution in [3.05, 3.63) is 29.6 Å². The maximum atomic E-state index is 13.6. The van der Waals surface area contributed by atoms with E-state index in [0.29, 0.717) is 23.8 Å². The molecule has 0 heterocycles.